The number of nitrogens with one attached hydrogen (secondary N) is 2. The molecule has 4 N–H and O–H groups in total. The summed E-state index contributed by atoms with van der Waals surface area (Å²) in [7, 11) is 0. The van der Waals surface area contributed by atoms with Gasteiger partial charge in [0, 0.05) is 17.8 Å². The summed E-state index contributed by atoms with van der Waals surface area (Å²) in [5, 5.41) is 11.3. The molecule has 1 amide bonds. The fourth-order valence-corrected chi connectivity index (χ4v) is 1.53. The van der Waals surface area contributed by atoms with Crippen LogP contribution in [0.2, 0.25) is 0 Å². The topological polar surface area (TPSA) is 112 Å². The Balaban J connectivity index is 2.25. The number of H-pyrrole nitrogens is 1. The number of nitrogens with two attached hydrogens (primary N) is 1. The van der Waals surface area contributed by atoms with Crippen LogP contribution in [-0.4, -0.2) is 10.9 Å². The van der Waals surface area contributed by atoms with E-state index in [2.05, 4.69) is 10.3 Å². The van der Waals surface area contributed by atoms with Crippen LogP contribution in [0.1, 0.15) is 15.9 Å². The molecule has 0 atom stereocenters. The maximum Gasteiger partial charge on any atom is 0.255 e. The number of carbonyl (C=O) groups is 1. The second-order valence-electron chi connectivity index (χ2n) is 3.81. The monoisotopic (exact) mass is 254 g/mol. The van der Waals surface area contributed by atoms with E-state index < -0.39 is 5.91 Å². The van der Waals surface area contributed by atoms with Crippen molar-refractivity contribution in [3.8, 4) is 6.07 Å². The first-order valence-corrected chi connectivity index (χ1v) is 5.40. The Morgan fingerprint density at radius 2 is 2.11 bits per heavy atom. The summed E-state index contributed by atoms with van der Waals surface area (Å²) in [5.74, 6) is -0.442. The first-order chi connectivity index (χ1) is 9.10. The molecule has 0 radical (unpaired) electrons. The van der Waals surface area contributed by atoms with Gasteiger partial charge >= 0.3 is 0 Å². The lowest BCUT2D eigenvalue weighted by Crippen LogP contribution is -2.16. The number of nitrogen functional groups attached to an aromatic ring is 1. The molecule has 1 aromatic heterocycles. The number of rotatable bonds is 2. The molecule has 0 aliphatic rings. The summed E-state index contributed by atoms with van der Waals surface area (Å²) in [5.41, 5.74) is 6.68. The van der Waals surface area contributed by atoms with E-state index in [4.69, 9.17) is 11.0 Å². The quantitative estimate of drug-likeness (QED) is 0.696. The maximum atomic E-state index is 11.9. The smallest absolute Gasteiger partial charge is 0.255 e. The molecule has 0 aliphatic carbocycles. The van der Waals surface area contributed by atoms with E-state index in [0.717, 1.165) is 0 Å². The zero-order valence-electron chi connectivity index (χ0n) is 9.81. The van der Waals surface area contributed by atoms with Gasteiger partial charge in [-0.2, -0.15) is 5.26 Å². The molecule has 19 heavy (non-hydrogen) atoms. The van der Waals surface area contributed by atoms with Crippen LogP contribution in [0.5, 0.6) is 0 Å². The summed E-state index contributed by atoms with van der Waals surface area (Å²) in [6.07, 6.45) is 1.39. The molecule has 0 bridgehead atoms. The fraction of sp³-hybridized carbons (Fsp3) is 0. The van der Waals surface area contributed by atoms with Crippen molar-refractivity contribution in [2.24, 2.45) is 0 Å². The standard InChI is InChI=1S/C13H10N4O2/c14-7-8-1-2-11(10(15)5-8)17-13(19)9-3-4-16-12(18)6-9/h1-6H,15H2,(H,16,18)(H,17,19). The van der Waals surface area contributed by atoms with Crippen molar-refractivity contribution in [1.82, 2.24) is 4.98 Å². The van der Waals surface area contributed by atoms with Crippen LogP contribution in [0.25, 0.3) is 0 Å². The Morgan fingerprint density at radius 1 is 1.32 bits per heavy atom. The number of hydrogen-bond acceptors (Lipinski definition) is 4. The lowest BCUT2D eigenvalue weighted by molar-refractivity contribution is 0.102. The minimum Gasteiger partial charge on any atom is -0.397 e. The molecule has 94 valence electrons. The molecule has 0 aliphatic heterocycles. The number of nitrogens with zero attached hydrogens (tertiary/aromatic N) is 1. The molecule has 6 nitrogen and oxygen atoms in total. The van der Waals surface area contributed by atoms with Crippen LogP contribution in [0.3, 0.4) is 0 Å². The molecule has 0 saturated carbocycles. The van der Waals surface area contributed by atoms with Crippen LogP contribution in [0, 0.1) is 11.3 Å². The molecule has 0 spiro atoms. The van der Waals surface area contributed by atoms with Crippen molar-refractivity contribution in [2.75, 3.05) is 11.1 Å². The van der Waals surface area contributed by atoms with E-state index in [0.29, 0.717) is 11.3 Å². The number of carbonyl (C=O) groups excluding carboxylic acids is 1. The highest BCUT2D eigenvalue weighted by Crippen LogP contribution is 2.20. The number of benzene rings is 1. The Kier molecular flexibility index (Phi) is 3.30. The molecular formula is C13H10N4O2. The molecule has 0 unspecified atom stereocenters. The number of amides is 1. The molecule has 6 heteroatoms. The number of aromatic nitrogens is 1. The number of nitriles is 1. The Hall–Kier alpha value is -3.07. The van der Waals surface area contributed by atoms with Gasteiger partial charge in [-0.15, -0.1) is 0 Å². The molecule has 2 rings (SSSR count). The van der Waals surface area contributed by atoms with Gasteiger partial charge in [-0.1, -0.05) is 0 Å². The fourth-order valence-electron chi connectivity index (χ4n) is 1.53. The van der Waals surface area contributed by atoms with Crippen molar-refractivity contribution < 1.29 is 4.79 Å². The Bertz CT molecular complexity index is 728. The van der Waals surface area contributed by atoms with Gasteiger partial charge in [0.1, 0.15) is 0 Å². The minimum atomic E-state index is -0.442. The molecule has 1 aromatic carbocycles. The number of pyridine rings is 1. The van der Waals surface area contributed by atoms with E-state index in [1.54, 1.807) is 12.1 Å². The largest absolute Gasteiger partial charge is 0.397 e. The molecule has 1 heterocycles. The average Bonchev–Trinajstić information content (AvgIpc) is 2.41. The number of hydrogen-bond donors (Lipinski definition) is 3. The van der Waals surface area contributed by atoms with Crippen LogP contribution in [-0.2, 0) is 0 Å². The van der Waals surface area contributed by atoms with Crippen molar-refractivity contribution in [2.45, 2.75) is 0 Å². The summed E-state index contributed by atoms with van der Waals surface area (Å²) < 4.78 is 0. The van der Waals surface area contributed by atoms with Crippen LogP contribution in [0.4, 0.5) is 11.4 Å². The van der Waals surface area contributed by atoms with Gasteiger partial charge in [0.25, 0.3) is 5.91 Å². The zero-order chi connectivity index (χ0) is 13.8. The Morgan fingerprint density at radius 3 is 2.74 bits per heavy atom. The lowest BCUT2D eigenvalue weighted by atomic mass is 10.2. The minimum absolute atomic E-state index is 0.229. The SMILES string of the molecule is N#Cc1ccc(NC(=O)c2cc[nH]c(=O)c2)c(N)c1. The summed E-state index contributed by atoms with van der Waals surface area (Å²) in [4.78, 5) is 25.4. The lowest BCUT2D eigenvalue weighted by Gasteiger charge is -2.08. The normalized spacial score (nSPS) is 9.63. The summed E-state index contributed by atoms with van der Waals surface area (Å²) >= 11 is 0. The van der Waals surface area contributed by atoms with Gasteiger partial charge in [0.2, 0.25) is 5.56 Å². The molecule has 0 saturated heterocycles. The van der Waals surface area contributed by atoms with Crippen molar-refractivity contribution in [3.05, 3.63) is 58.0 Å². The third-order valence-corrected chi connectivity index (χ3v) is 2.47. The number of aromatic amines is 1. The molecule has 2 aromatic rings. The highest BCUT2D eigenvalue weighted by molar-refractivity contribution is 6.05. The highest BCUT2D eigenvalue weighted by atomic mass is 16.2. The third-order valence-electron chi connectivity index (χ3n) is 2.47. The van der Waals surface area contributed by atoms with E-state index in [1.807, 2.05) is 6.07 Å². The Labute approximate surface area is 108 Å². The first kappa shape index (κ1) is 12.4. The van der Waals surface area contributed by atoms with Crippen LogP contribution >= 0.6 is 0 Å². The predicted octanol–water partition coefficient (Wildman–Crippen LogP) is 1.08. The first-order valence-electron chi connectivity index (χ1n) is 5.40. The van der Waals surface area contributed by atoms with Gasteiger partial charge < -0.3 is 16.0 Å². The van der Waals surface area contributed by atoms with Crippen molar-refractivity contribution in [1.29, 1.82) is 5.26 Å². The van der Waals surface area contributed by atoms with E-state index in [1.165, 1.54) is 24.4 Å². The molecule has 0 fully saturated rings. The third kappa shape index (κ3) is 2.79. The second kappa shape index (κ2) is 5.06. The maximum absolute atomic E-state index is 11.9. The second-order valence-corrected chi connectivity index (χ2v) is 3.81. The van der Waals surface area contributed by atoms with Gasteiger partial charge in [0.05, 0.1) is 23.0 Å². The van der Waals surface area contributed by atoms with E-state index >= 15 is 0 Å². The predicted molar refractivity (Wildman–Crippen MR) is 70.6 cm³/mol. The van der Waals surface area contributed by atoms with Crippen molar-refractivity contribution in [3.63, 3.8) is 0 Å². The van der Waals surface area contributed by atoms with Crippen molar-refractivity contribution >= 4 is 17.3 Å². The number of anilines is 2. The van der Waals surface area contributed by atoms with E-state index in [-0.39, 0.29) is 16.8 Å². The van der Waals surface area contributed by atoms with Gasteiger partial charge in [-0.25, -0.2) is 0 Å². The van der Waals surface area contributed by atoms with Gasteiger partial charge in [-0.3, -0.25) is 9.59 Å². The van der Waals surface area contributed by atoms with Gasteiger partial charge in [-0.05, 0) is 24.3 Å². The van der Waals surface area contributed by atoms with Crippen LogP contribution < -0.4 is 16.6 Å². The van der Waals surface area contributed by atoms with E-state index in [9.17, 15) is 9.59 Å². The highest BCUT2D eigenvalue weighted by Gasteiger charge is 2.08. The summed E-state index contributed by atoms with van der Waals surface area (Å²) in [6, 6.07) is 9.17. The zero-order valence-corrected chi connectivity index (χ0v) is 9.81. The van der Waals surface area contributed by atoms with Gasteiger partial charge in [0.15, 0.2) is 0 Å². The average molecular weight is 254 g/mol. The van der Waals surface area contributed by atoms with Crippen LogP contribution in [0.15, 0.2) is 41.3 Å². The molecular weight excluding hydrogens is 244 g/mol. The summed E-state index contributed by atoms with van der Waals surface area (Å²) in [6.45, 7) is 0.